The molecule has 0 radical (unpaired) electrons. The summed E-state index contributed by atoms with van der Waals surface area (Å²) in [6.07, 6.45) is 3.43. The van der Waals surface area contributed by atoms with Gasteiger partial charge in [0.2, 0.25) is 0 Å². The minimum absolute atomic E-state index is 0.0329. The van der Waals surface area contributed by atoms with Crippen LogP contribution in [0, 0.1) is 12.3 Å². The fourth-order valence-electron chi connectivity index (χ4n) is 1.93. The fraction of sp³-hybridized carbons (Fsp3) is 0.286. The Morgan fingerprint density at radius 2 is 1.79 bits per heavy atom. The van der Waals surface area contributed by atoms with Gasteiger partial charge in [0, 0.05) is 19.3 Å². The summed E-state index contributed by atoms with van der Waals surface area (Å²) >= 11 is 1.34. The highest BCUT2D eigenvalue weighted by Crippen LogP contribution is 2.26. The molecule has 3 aromatic heterocycles. The number of pyridine rings is 2. The summed E-state index contributed by atoms with van der Waals surface area (Å²) in [6.45, 7) is 8.51. The average Bonchev–Trinajstić information content (AvgIpc) is 3.12. The number of aliphatic carboxylic acids is 1. The molecule has 8 heteroatoms. The van der Waals surface area contributed by atoms with Gasteiger partial charge in [-0.3, -0.25) is 9.59 Å². The summed E-state index contributed by atoms with van der Waals surface area (Å²) in [4.78, 5) is 35.1. The van der Waals surface area contributed by atoms with Crippen LogP contribution in [-0.2, 0) is 4.79 Å². The van der Waals surface area contributed by atoms with Gasteiger partial charge in [-0.25, -0.2) is 15.0 Å². The van der Waals surface area contributed by atoms with Crippen LogP contribution in [0.2, 0.25) is 0 Å². The molecule has 152 valence electrons. The van der Waals surface area contributed by atoms with E-state index in [4.69, 9.17) is 5.11 Å². The third-order valence-corrected chi connectivity index (χ3v) is 4.74. The molecular weight excluding hydrogens is 388 g/mol. The van der Waals surface area contributed by atoms with Crippen molar-refractivity contribution in [2.45, 2.75) is 34.6 Å². The number of carboxylic acids is 1. The zero-order valence-electron chi connectivity index (χ0n) is 17.1. The Labute approximate surface area is 173 Å². The van der Waals surface area contributed by atoms with Crippen molar-refractivity contribution in [3.8, 4) is 10.6 Å². The quantitative estimate of drug-likeness (QED) is 0.583. The predicted molar refractivity (Wildman–Crippen MR) is 115 cm³/mol. The monoisotopic (exact) mass is 412 g/mol. The summed E-state index contributed by atoms with van der Waals surface area (Å²) in [6, 6.07) is 9.57. The molecule has 0 saturated carbocycles. The van der Waals surface area contributed by atoms with Crippen molar-refractivity contribution < 1.29 is 14.7 Å². The molecule has 3 heterocycles. The Kier molecular flexibility index (Phi) is 7.17. The second-order valence-corrected chi connectivity index (χ2v) is 8.42. The van der Waals surface area contributed by atoms with E-state index in [2.05, 4.69) is 20.3 Å². The van der Waals surface area contributed by atoms with Crippen LogP contribution in [0.25, 0.3) is 10.6 Å². The molecule has 0 unspecified atom stereocenters. The standard InChI is InChI=1S/C16H14N4OS.C5H10O2/c1-10-6-7-17-15(8-10)20-14-5-3-4-12(19-14)13-9-18-16(22-13)11(2)21;1-5(2,3)4(6)7/h3-9H,1-2H3,(H,17,19,20);1-3H3,(H,6,7). The Balaban J connectivity index is 0.000000370. The zero-order chi connectivity index (χ0) is 21.6. The van der Waals surface area contributed by atoms with E-state index in [0.29, 0.717) is 10.8 Å². The number of carboxylic acid groups (broad SMARTS) is 1. The lowest BCUT2D eigenvalue weighted by atomic mass is 9.98. The van der Waals surface area contributed by atoms with Gasteiger partial charge in [-0.15, -0.1) is 11.3 Å². The van der Waals surface area contributed by atoms with Crippen LogP contribution in [0.5, 0.6) is 0 Å². The van der Waals surface area contributed by atoms with Crippen molar-refractivity contribution in [2.75, 3.05) is 5.32 Å². The van der Waals surface area contributed by atoms with Crippen molar-refractivity contribution >= 4 is 34.7 Å². The maximum atomic E-state index is 11.3. The number of carbonyl (C=O) groups is 2. The molecule has 0 amide bonds. The number of nitrogens with one attached hydrogen (secondary N) is 1. The summed E-state index contributed by atoms with van der Waals surface area (Å²) < 4.78 is 0. The summed E-state index contributed by atoms with van der Waals surface area (Å²) in [7, 11) is 0. The number of anilines is 2. The SMILES string of the molecule is CC(=O)c1ncc(-c2cccc(Nc3cc(C)ccn3)n2)s1.CC(C)(C)C(=O)O. The number of Topliss-reactive ketones (excluding diaryl/α,β-unsaturated/α-hetero) is 1. The van der Waals surface area contributed by atoms with Crippen LogP contribution in [0.15, 0.2) is 42.7 Å². The van der Waals surface area contributed by atoms with Gasteiger partial charge in [-0.2, -0.15) is 0 Å². The third-order valence-electron chi connectivity index (χ3n) is 3.62. The number of carbonyl (C=O) groups excluding carboxylic acids is 1. The molecule has 3 aromatic rings. The largest absolute Gasteiger partial charge is 0.481 e. The second-order valence-electron chi connectivity index (χ2n) is 7.39. The number of thiazole rings is 1. The van der Waals surface area contributed by atoms with E-state index in [1.165, 1.54) is 18.3 Å². The van der Waals surface area contributed by atoms with Crippen molar-refractivity contribution in [1.29, 1.82) is 0 Å². The Hall–Kier alpha value is -3.13. The highest BCUT2D eigenvalue weighted by molar-refractivity contribution is 7.16. The van der Waals surface area contributed by atoms with E-state index < -0.39 is 11.4 Å². The number of aryl methyl sites for hydroxylation is 1. The number of hydrogen-bond acceptors (Lipinski definition) is 7. The minimum Gasteiger partial charge on any atom is -0.481 e. The van der Waals surface area contributed by atoms with Gasteiger partial charge >= 0.3 is 5.97 Å². The minimum atomic E-state index is -0.757. The molecule has 0 spiro atoms. The van der Waals surface area contributed by atoms with Gasteiger partial charge in [-0.1, -0.05) is 6.07 Å². The normalized spacial score (nSPS) is 10.7. The summed E-state index contributed by atoms with van der Waals surface area (Å²) in [5, 5.41) is 11.9. The van der Waals surface area contributed by atoms with Crippen molar-refractivity contribution in [1.82, 2.24) is 15.0 Å². The van der Waals surface area contributed by atoms with Gasteiger partial charge in [0.25, 0.3) is 0 Å². The number of ketones is 1. The molecule has 0 aliphatic rings. The van der Waals surface area contributed by atoms with E-state index in [9.17, 15) is 9.59 Å². The molecule has 0 fully saturated rings. The molecular formula is C21H24N4O3S. The fourth-order valence-corrected chi connectivity index (χ4v) is 2.71. The average molecular weight is 413 g/mol. The van der Waals surface area contributed by atoms with Crippen LogP contribution in [-0.4, -0.2) is 31.8 Å². The molecule has 29 heavy (non-hydrogen) atoms. The maximum absolute atomic E-state index is 11.3. The molecule has 3 rings (SSSR count). The van der Waals surface area contributed by atoms with Gasteiger partial charge in [0.1, 0.15) is 11.6 Å². The number of nitrogens with zero attached hydrogens (tertiary/aromatic N) is 3. The molecule has 0 aromatic carbocycles. The summed E-state index contributed by atoms with van der Waals surface area (Å²) in [5.74, 6) is 0.661. The van der Waals surface area contributed by atoms with Crippen LogP contribution in [0.1, 0.15) is 43.1 Å². The van der Waals surface area contributed by atoms with E-state index in [0.717, 1.165) is 22.0 Å². The first-order chi connectivity index (χ1) is 13.6. The lowest BCUT2D eigenvalue weighted by molar-refractivity contribution is -0.145. The van der Waals surface area contributed by atoms with Gasteiger partial charge in [-0.05, 0) is 57.5 Å². The van der Waals surface area contributed by atoms with E-state index in [1.54, 1.807) is 33.2 Å². The maximum Gasteiger partial charge on any atom is 0.308 e. The highest BCUT2D eigenvalue weighted by atomic mass is 32.1. The molecule has 7 nitrogen and oxygen atoms in total. The predicted octanol–water partition coefficient (Wildman–Crippen LogP) is 4.97. The molecule has 0 saturated heterocycles. The lowest BCUT2D eigenvalue weighted by Crippen LogP contribution is -2.18. The molecule has 0 aliphatic carbocycles. The van der Waals surface area contributed by atoms with Crippen molar-refractivity contribution in [3.05, 3.63) is 53.3 Å². The molecule has 0 atom stereocenters. The third kappa shape index (κ3) is 6.76. The van der Waals surface area contributed by atoms with E-state index in [1.807, 2.05) is 37.3 Å². The molecule has 0 bridgehead atoms. The van der Waals surface area contributed by atoms with Gasteiger partial charge in [0.05, 0.1) is 16.0 Å². The summed E-state index contributed by atoms with van der Waals surface area (Å²) in [5.41, 5.74) is 1.32. The van der Waals surface area contributed by atoms with Crippen molar-refractivity contribution in [2.24, 2.45) is 5.41 Å². The lowest BCUT2D eigenvalue weighted by Gasteiger charge is -2.08. The highest BCUT2D eigenvalue weighted by Gasteiger charge is 2.18. The van der Waals surface area contributed by atoms with Crippen LogP contribution >= 0.6 is 11.3 Å². The Morgan fingerprint density at radius 1 is 1.10 bits per heavy atom. The molecule has 0 aliphatic heterocycles. The Morgan fingerprint density at radius 3 is 2.34 bits per heavy atom. The smallest absolute Gasteiger partial charge is 0.308 e. The zero-order valence-corrected chi connectivity index (χ0v) is 17.9. The number of hydrogen-bond donors (Lipinski definition) is 2. The first kappa shape index (κ1) is 22.2. The van der Waals surface area contributed by atoms with E-state index >= 15 is 0 Å². The van der Waals surface area contributed by atoms with E-state index in [-0.39, 0.29) is 5.78 Å². The van der Waals surface area contributed by atoms with Crippen LogP contribution in [0.4, 0.5) is 11.6 Å². The topological polar surface area (TPSA) is 105 Å². The van der Waals surface area contributed by atoms with Gasteiger partial charge in [0.15, 0.2) is 10.8 Å². The first-order valence-electron chi connectivity index (χ1n) is 8.93. The first-order valence-corrected chi connectivity index (χ1v) is 9.75. The second kappa shape index (κ2) is 9.38. The van der Waals surface area contributed by atoms with Crippen LogP contribution < -0.4 is 5.32 Å². The van der Waals surface area contributed by atoms with Gasteiger partial charge < -0.3 is 10.4 Å². The Bertz CT molecular complexity index is 1010. The number of rotatable bonds is 4. The van der Waals surface area contributed by atoms with Crippen molar-refractivity contribution in [3.63, 3.8) is 0 Å². The molecule has 2 N–H and O–H groups in total. The number of aromatic nitrogens is 3. The van der Waals surface area contributed by atoms with Crippen LogP contribution in [0.3, 0.4) is 0 Å².